The molecule has 1 aliphatic carbocycles. The molecular weight excluding hydrogens is 288 g/mol. The first-order valence-electron chi connectivity index (χ1n) is 7.06. The Kier molecular flexibility index (Phi) is 5.22. The Labute approximate surface area is 128 Å². The van der Waals surface area contributed by atoms with E-state index in [1.165, 1.54) is 18.6 Å². The smallest absolute Gasteiger partial charge is 0.337 e. The van der Waals surface area contributed by atoms with E-state index in [1.807, 2.05) is 11.8 Å². The molecule has 1 heterocycles. The molecule has 0 bridgehead atoms. The van der Waals surface area contributed by atoms with Crippen molar-refractivity contribution in [2.45, 2.75) is 43.9 Å². The molecule has 2 atom stereocenters. The number of carboxylic acid groups (broad SMARTS) is 1. The number of aromatic carboxylic acids is 1. The van der Waals surface area contributed by atoms with E-state index in [-0.39, 0.29) is 23.2 Å². The summed E-state index contributed by atoms with van der Waals surface area (Å²) in [6.07, 6.45) is 6.41. The number of rotatable bonds is 4. The zero-order valence-electron chi connectivity index (χ0n) is 12.3. The molecule has 6 heteroatoms. The lowest BCUT2D eigenvalue weighted by Gasteiger charge is -2.28. The zero-order valence-corrected chi connectivity index (χ0v) is 13.1. The number of carbonyl (C=O) groups is 2. The monoisotopic (exact) mass is 308 g/mol. The number of carboxylic acids is 1. The van der Waals surface area contributed by atoms with Crippen molar-refractivity contribution >= 4 is 23.6 Å². The van der Waals surface area contributed by atoms with E-state index in [0.29, 0.717) is 10.9 Å². The summed E-state index contributed by atoms with van der Waals surface area (Å²) in [5.74, 6) is -1.25. The zero-order chi connectivity index (χ0) is 15.4. The maximum atomic E-state index is 12.2. The van der Waals surface area contributed by atoms with Crippen molar-refractivity contribution in [1.29, 1.82) is 0 Å². The van der Waals surface area contributed by atoms with Gasteiger partial charge in [0.25, 0.3) is 5.91 Å². The number of amides is 1. The Balaban J connectivity index is 2.03. The van der Waals surface area contributed by atoms with Crippen LogP contribution >= 0.6 is 11.8 Å². The summed E-state index contributed by atoms with van der Waals surface area (Å²) < 4.78 is 0. The lowest BCUT2D eigenvalue weighted by molar-refractivity contribution is 0.0694. The highest BCUT2D eigenvalue weighted by Crippen LogP contribution is 2.27. The van der Waals surface area contributed by atoms with Crippen LogP contribution < -0.4 is 5.32 Å². The largest absolute Gasteiger partial charge is 0.478 e. The van der Waals surface area contributed by atoms with Crippen molar-refractivity contribution in [2.24, 2.45) is 0 Å². The van der Waals surface area contributed by atoms with Crippen LogP contribution in [0.5, 0.6) is 0 Å². The van der Waals surface area contributed by atoms with Gasteiger partial charge in [0, 0.05) is 11.3 Å². The summed E-state index contributed by atoms with van der Waals surface area (Å²) in [6, 6.07) is 3.09. The van der Waals surface area contributed by atoms with Crippen LogP contribution in [0.1, 0.15) is 52.2 Å². The SMILES string of the molecule is CSC1CCCC(NC(=O)c2ccc(C(=O)O)c(C)n2)C1. The molecule has 2 unspecified atom stereocenters. The molecule has 1 aliphatic rings. The highest BCUT2D eigenvalue weighted by molar-refractivity contribution is 7.99. The van der Waals surface area contributed by atoms with Gasteiger partial charge in [-0.3, -0.25) is 4.79 Å². The molecule has 2 rings (SSSR count). The van der Waals surface area contributed by atoms with Crippen molar-refractivity contribution in [1.82, 2.24) is 10.3 Å². The van der Waals surface area contributed by atoms with Gasteiger partial charge < -0.3 is 10.4 Å². The lowest BCUT2D eigenvalue weighted by Crippen LogP contribution is -2.39. The first-order valence-corrected chi connectivity index (χ1v) is 8.34. The van der Waals surface area contributed by atoms with E-state index >= 15 is 0 Å². The van der Waals surface area contributed by atoms with E-state index in [9.17, 15) is 9.59 Å². The Hall–Kier alpha value is -1.56. The average Bonchev–Trinajstić information content (AvgIpc) is 2.46. The minimum absolute atomic E-state index is 0.131. The molecule has 114 valence electrons. The standard InChI is InChI=1S/C15H20N2O3S/c1-9-12(15(19)20)6-7-13(16-9)14(18)17-10-4-3-5-11(8-10)21-2/h6-7,10-11H,3-5,8H2,1-2H3,(H,17,18)(H,19,20). The van der Waals surface area contributed by atoms with Crippen LogP contribution in [0.25, 0.3) is 0 Å². The van der Waals surface area contributed by atoms with Gasteiger partial charge in [-0.15, -0.1) is 0 Å². The Morgan fingerprint density at radius 2 is 2.14 bits per heavy atom. The number of hydrogen-bond acceptors (Lipinski definition) is 4. The Bertz CT molecular complexity index is 548. The molecule has 0 saturated heterocycles. The fraction of sp³-hybridized carbons (Fsp3) is 0.533. The van der Waals surface area contributed by atoms with Crippen LogP contribution in [0.15, 0.2) is 12.1 Å². The van der Waals surface area contributed by atoms with Crippen molar-refractivity contribution in [3.05, 3.63) is 29.1 Å². The predicted molar refractivity (Wildman–Crippen MR) is 83.0 cm³/mol. The summed E-state index contributed by atoms with van der Waals surface area (Å²) in [5.41, 5.74) is 0.774. The number of carbonyl (C=O) groups excluding carboxylic acids is 1. The number of aromatic nitrogens is 1. The van der Waals surface area contributed by atoms with E-state index in [0.717, 1.165) is 19.3 Å². The van der Waals surface area contributed by atoms with Crippen LogP contribution in [0.3, 0.4) is 0 Å². The summed E-state index contributed by atoms with van der Waals surface area (Å²) in [7, 11) is 0. The molecule has 1 fully saturated rings. The van der Waals surface area contributed by atoms with Gasteiger partial charge in [-0.25, -0.2) is 9.78 Å². The minimum atomic E-state index is -1.03. The van der Waals surface area contributed by atoms with Crippen LogP contribution in [0.4, 0.5) is 0 Å². The van der Waals surface area contributed by atoms with Crippen LogP contribution in [0.2, 0.25) is 0 Å². The van der Waals surface area contributed by atoms with E-state index < -0.39 is 5.97 Å². The highest BCUT2D eigenvalue weighted by Gasteiger charge is 2.23. The van der Waals surface area contributed by atoms with Crippen molar-refractivity contribution in [2.75, 3.05) is 6.26 Å². The van der Waals surface area contributed by atoms with Gasteiger partial charge in [-0.05, 0) is 44.6 Å². The van der Waals surface area contributed by atoms with Gasteiger partial charge >= 0.3 is 5.97 Å². The van der Waals surface area contributed by atoms with E-state index in [2.05, 4.69) is 16.6 Å². The quantitative estimate of drug-likeness (QED) is 0.893. The molecule has 1 saturated carbocycles. The fourth-order valence-corrected chi connectivity index (χ4v) is 3.49. The van der Waals surface area contributed by atoms with Gasteiger partial charge in [0.2, 0.25) is 0 Å². The number of nitrogens with one attached hydrogen (secondary N) is 1. The average molecular weight is 308 g/mol. The Morgan fingerprint density at radius 1 is 1.38 bits per heavy atom. The maximum absolute atomic E-state index is 12.2. The van der Waals surface area contributed by atoms with Crippen LogP contribution in [0, 0.1) is 6.92 Å². The van der Waals surface area contributed by atoms with E-state index in [1.54, 1.807) is 6.92 Å². The summed E-state index contributed by atoms with van der Waals surface area (Å²) in [5, 5.41) is 12.6. The number of thioether (sulfide) groups is 1. The first-order chi connectivity index (χ1) is 10.0. The third-order valence-electron chi connectivity index (χ3n) is 3.84. The molecule has 0 aromatic carbocycles. The molecule has 0 radical (unpaired) electrons. The first kappa shape index (κ1) is 15.8. The van der Waals surface area contributed by atoms with Crippen molar-refractivity contribution in [3.63, 3.8) is 0 Å². The number of pyridine rings is 1. The lowest BCUT2D eigenvalue weighted by atomic mass is 9.95. The Morgan fingerprint density at radius 3 is 2.76 bits per heavy atom. The molecule has 21 heavy (non-hydrogen) atoms. The van der Waals surface area contributed by atoms with Gasteiger partial charge in [0.15, 0.2) is 0 Å². The number of aryl methyl sites for hydroxylation is 1. The summed E-state index contributed by atoms with van der Waals surface area (Å²) in [4.78, 5) is 27.3. The normalized spacial score (nSPS) is 21.8. The predicted octanol–water partition coefficient (Wildman–Crippen LogP) is 2.49. The third-order valence-corrected chi connectivity index (χ3v) is 4.94. The summed E-state index contributed by atoms with van der Waals surface area (Å²) in [6.45, 7) is 1.60. The van der Waals surface area contributed by atoms with Crippen LogP contribution in [-0.4, -0.2) is 39.5 Å². The summed E-state index contributed by atoms with van der Waals surface area (Å²) >= 11 is 1.85. The van der Waals surface area contributed by atoms with Crippen molar-refractivity contribution in [3.8, 4) is 0 Å². The molecule has 1 amide bonds. The number of nitrogens with zero attached hydrogens (tertiary/aromatic N) is 1. The van der Waals surface area contributed by atoms with Crippen molar-refractivity contribution < 1.29 is 14.7 Å². The molecular formula is C15H20N2O3S. The maximum Gasteiger partial charge on any atom is 0.337 e. The van der Waals surface area contributed by atoms with Gasteiger partial charge in [0.1, 0.15) is 5.69 Å². The van der Waals surface area contributed by atoms with Gasteiger partial charge in [0.05, 0.1) is 11.3 Å². The highest BCUT2D eigenvalue weighted by atomic mass is 32.2. The van der Waals surface area contributed by atoms with Gasteiger partial charge in [-0.1, -0.05) is 6.42 Å². The second-order valence-corrected chi connectivity index (χ2v) is 6.47. The third kappa shape index (κ3) is 3.97. The molecule has 2 N–H and O–H groups in total. The second kappa shape index (κ2) is 6.93. The second-order valence-electron chi connectivity index (χ2n) is 5.33. The van der Waals surface area contributed by atoms with Gasteiger partial charge in [-0.2, -0.15) is 11.8 Å². The topological polar surface area (TPSA) is 79.3 Å². The molecule has 0 spiro atoms. The number of hydrogen-bond donors (Lipinski definition) is 2. The fourth-order valence-electron chi connectivity index (χ4n) is 2.66. The molecule has 1 aromatic rings. The molecule has 0 aliphatic heterocycles. The minimum Gasteiger partial charge on any atom is -0.478 e. The molecule has 1 aromatic heterocycles. The van der Waals surface area contributed by atoms with E-state index in [4.69, 9.17) is 5.11 Å². The molecule has 5 nitrogen and oxygen atoms in total. The van der Waals surface area contributed by atoms with Crippen LogP contribution in [-0.2, 0) is 0 Å².